The van der Waals surface area contributed by atoms with E-state index in [-0.39, 0.29) is 24.7 Å². The van der Waals surface area contributed by atoms with Gasteiger partial charge in [-0.25, -0.2) is 4.68 Å². The summed E-state index contributed by atoms with van der Waals surface area (Å²) in [5, 5.41) is 5.19. The van der Waals surface area contributed by atoms with Gasteiger partial charge in [-0.3, -0.25) is 9.59 Å². The second-order valence-corrected chi connectivity index (χ2v) is 6.79. The van der Waals surface area contributed by atoms with Crippen LogP contribution in [0.25, 0.3) is 10.9 Å². The summed E-state index contributed by atoms with van der Waals surface area (Å²) in [6, 6.07) is 14.0. The average molecular weight is 347 g/mol. The zero-order valence-electron chi connectivity index (χ0n) is 14.8. The number of rotatable bonds is 3. The van der Waals surface area contributed by atoms with E-state index in [9.17, 15) is 9.59 Å². The van der Waals surface area contributed by atoms with Gasteiger partial charge in [0.15, 0.2) is 0 Å². The molecule has 0 bridgehead atoms. The van der Waals surface area contributed by atoms with Gasteiger partial charge in [0.05, 0.1) is 11.7 Å². The molecule has 5 nitrogen and oxygen atoms in total. The molecule has 2 heterocycles. The fourth-order valence-corrected chi connectivity index (χ4v) is 3.58. The first-order chi connectivity index (χ1) is 12.6. The summed E-state index contributed by atoms with van der Waals surface area (Å²) < 4.78 is 1.42. The van der Waals surface area contributed by atoms with Crippen molar-refractivity contribution in [2.45, 2.75) is 32.7 Å². The molecule has 26 heavy (non-hydrogen) atoms. The zero-order valence-corrected chi connectivity index (χ0v) is 14.8. The second-order valence-electron chi connectivity index (χ2n) is 6.79. The van der Waals surface area contributed by atoms with Crippen molar-refractivity contribution in [1.82, 2.24) is 14.7 Å². The summed E-state index contributed by atoms with van der Waals surface area (Å²) in [6.45, 7) is 3.34. The van der Waals surface area contributed by atoms with Gasteiger partial charge < -0.3 is 4.90 Å². The molecule has 0 radical (unpaired) electrons. The smallest absolute Gasteiger partial charge is 0.247 e. The molecule has 0 aliphatic carbocycles. The molecule has 1 amide bonds. The van der Waals surface area contributed by atoms with Crippen LogP contribution >= 0.6 is 0 Å². The SMILES string of the molecule is Cc1cccc2c1cnn2C(=O)CCC(=O)N1CCc2ccccc2C1. The summed E-state index contributed by atoms with van der Waals surface area (Å²) >= 11 is 0. The second kappa shape index (κ2) is 6.75. The number of fused-ring (bicyclic) bond motifs is 2. The molecule has 0 saturated carbocycles. The van der Waals surface area contributed by atoms with Gasteiger partial charge in [-0.05, 0) is 36.1 Å². The van der Waals surface area contributed by atoms with Crippen LogP contribution < -0.4 is 0 Å². The van der Waals surface area contributed by atoms with E-state index in [0.29, 0.717) is 13.1 Å². The van der Waals surface area contributed by atoms with Gasteiger partial charge >= 0.3 is 0 Å². The topological polar surface area (TPSA) is 55.2 Å². The van der Waals surface area contributed by atoms with E-state index in [0.717, 1.165) is 22.9 Å². The van der Waals surface area contributed by atoms with Crippen molar-refractivity contribution in [3.8, 4) is 0 Å². The zero-order chi connectivity index (χ0) is 18.1. The summed E-state index contributed by atoms with van der Waals surface area (Å²) in [6.07, 6.45) is 2.97. The van der Waals surface area contributed by atoms with Crippen LogP contribution in [0, 0.1) is 6.92 Å². The van der Waals surface area contributed by atoms with Gasteiger partial charge in [0.25, 0.3) is 0 Å². The molecule has 1 aliphatic heterocycles. The van der Waals surface area contributed by atoms with Crippen molar-refractivity contribution in [3.05, 3.63) is 65.4 Å². The van der Waals surface area contributed by atoms with E-state index in [1.807, 2.05) is 42.2 Å². The molecule has 4 rings (SSSR count). The van der Waals surface area contributed by atoms with Crippen LogP contribution in [0.3, 0.4) is 0 Å². The Labute approximate surface area is 152 Å². The molecule has 5 heteroatoms. The minimum atomic E-state index is -0.142. The third kappa shape index (κ3) is 3.01. The fraction of sp³-hybridized carbons (Fsp3) is 0.286. The maximum Gasteiger partial charge on any atom is 0.247 e. The number of carbonyl (C=O) groups excluding carboxylic acids is 2. The first-order valence-corrected chi connectivity index (χ1v) is 8.94. The van der Waals surface area contributed by atoms with Gasteiger partial charge in [-0.1, -0.05) is 36.4 Å². The number of aryl methyl sites for hydroxylation is 1. The third-order valence-corrected chi connectivity index (χ3v) is 5.10. The van der Waals surface area contributed by atoms with Crippen LogP contribution in [0.2, 0.25) is 0 Å². The lowest BCUT2D eigenvalue weighted by atomic mass is 9.99. The van der Waals surface area contributed by atoms with Gasteiger partial charge in [-0.15, -0.1) is 0 Å². The normalized spacial score (nSPS) is 13.7. The van der Waals surface area contributed by atoms with Crippen molar-refractivity contribution < 1.29 is 9.59 Å². The number of nitrogens with zero attached hydrogens (tertiary/aromatic N) is 3. The molecular weight excluding hydrogens is 326 g/mol. The Morgan fingerprint density at radius 1 is 1.00 bits per heavy atom. The molecule has 1 aliphatic rings. The van der Waals surface area contributed by atoms with E-state index < -0.39 is 0 Å². The Kier molecular flexibility index (Phi) is 4.29. The van der Waals surface area contributed by atoms with E-state index in [2.05, 4.69) is 17.2 Å². The van der Waals surface area contributed by atoms with Gasteiger partial charge in [-0.2, -0.15) is 5.10 Å². The van der Waals surface area contributed by atoms with E-state index >= 15 is 0 Å². The van der Waals surface area contributed by atoms with Crippen LogP contribution in [0.1, 0.15) is 34.3 Å². The van der Waals surface area contributed by atoms with Crippen LogP contribution in [-0.4, -0.2) is 33.0 Å². The summed E-state index contributed by atoms with van der Waals surface area (Å²) in [5.74, 6) is -0.114. The third-order valence-electron chi connectivity index (χ3n) is 5.10. The Bertz CT molecular complexity index is 990. The van der Waals surface area contributed by atoms with Crippen LogP contribution in [0.5, 0.6) is 0 Å². The van der Waals surface area contributed by atoms with Gasteiger partial charge in [0.2, 0.25) is 11.8 Å². The Morgan fingerprint density at radius 2 is 1.77 bits per heavy atom. The van der Waals surface area contributed by atoms with E-state index in [1.165, 1.54) is 15.8 Å². The van der Waals surface area contributed by atoms with Crippen molar-refractivity contribution in [3.63, 3.8) is 0 Å². The van der Waals surface area contributed by atoms with Crippen molar-refractivity contribution in [1.29, 1.82) is 0 Å². The summed E-state index contributed by atoms with van der Waals surface area (Å²) in [7, 11) is 0. The lowest BCUT2D eigenvalue weighted by Gasteiger charge is -2.28. The van der Waals surface area contributed by atoms with Crippen LogP contribution in [0.15, 0.2) is 48.7 Å². The maximum absolute atomic E-state index is 12.5. The molecule has 132 valence electrons. The minimum Gasteiger partial charge on any atom is -0.338 e. The quantitative estimate of drug-likeness (QED) is 0.730. The van der Waals surface area contributed by atoms with Gasteiger partial charge in [0, 0.05) is 31.3 Å². The lowest BCUT2D eigenvalue weighted by Crippen LogP contribution is -2.36. The maximum atomic E-state index is 12.5. The molecular formula is C21H21N3O2. The monoisotopic (exact) mass is 347 g/mol. The highest BCUT2D eigenvalue weighted by atomic mass is 16.2. The highest BCUT2D eigenvalue weighted by Crippen LogP contribution is 2.20. The predicted octanol–water partition coefficient (Wildman–Crippen LogP) is 3.35. The molecule has 0 spiro atoms. The van der Waals surface area contributed by atoms with Crippen molar-refractivity contribution >= 4 is 22.7 Å². The van der Waals surface area contributed by atoms with Crippen molar-refractivity contribution in [2.24, 2.45) is 0 Å². The highest BCUT2D eigenvalue weighted by molar-refractivity contribution is 5.93. The highest BCUT2D eigenvalue weighted by Gasteiger charge is 2.21. The Morgan fingerprint density at radius 3 is 2.62 bits per heavy atom. The summed E-state index contributed by atoms with van der Waals surface area (Å²) in [4.78, 5) is 26.9. The molecule has 2 aromatic carbocycles. The Balaban J connectivity index is 1.41. The van der Waals surface area contributed by atoms with Crippen LogP contribution in [-0.2, 0) is 17.8 Å². The van der Waals surface area contributed by atoms with Crippen molar-refractivity contribution in [2.75, 3.05) is 6.54 Å². The lowest BCUT2D eigenvalue weighted by molar-refractivity contribution is -0.132. The van der Waals surface area contributed by atoms with Gasteiger partial charge in [0.1, 0.15) is 0 Å². The Hall–Kier alpha value is -2.95. The summed E-state index contributed by atoms with van der Waals surface area (Å²) in [5.41, 5.74) is 4.40. The number of benzene rings is 2. The molecule has 0 saturated heterocycles. The first kappa shape index (κ1) is 16.5. The number of aromatic nitrogens is 2. The average Bonchev–Trinajstić information content (AvgIpc) is 3.11. The van der Waals surface area contributed by atoms with Crippen LogP contribution in [0.4, 0.5) is 0 Å². The number of hydrogen-bond donors (Lipinski definition) is 0. The molecule has 0 N–H and O–H groups in total. The first-order valence-electron chi connectivity index (χ1n) is 8.94. The minimum absolute atomic E-state index is 0.0282. The standard InChI is InChI=1S/C21H21N3O2/c1-15-5-4-8-19-18(15)13-22-24(19)21(26)10-9-20(25)23-12-11-16-6-2-3-7-17(16)14-23/h2-8,13H,9-12,14H2,1H3. The molecule has 0 atom stereocenters. The predicted molar refractivity (Wildman–Crippen MR) is 99.9 cm³/mol. The number of amides is 1. The fourth-order valence-electron chi connectivity index (χ4n) is 3.58. The number of hydrogen-bond acceptors (Lipinski definition) is 3. The molecule has 3 aromatic rings. The molecule has 0 fully saturated rings. The van der Waals surface area contributed by atoms with E-state index in [4.69, 9.17) is 0 Å². The van der Waals surface area contributed by atoms with E-state index in [1.54, 1.807) is 6.20 Å². The largest absolute Gasteiger partial charge is 0.338 e. The number of carbonyl (C=O) groups is 2. The molecule has 1 aromatic heterocycles. The molecule has 0 unspecified atom stereocenters.